The molecule has 0 amide bonds. The smallest absolute Gasteiger partial charge is 0.127 e. The molecule has 0 aromatic heterocycles. The molecule has 0 spiro atoms. The Kier molecular flexibility index (Phi) is 4.71. The lowest BCUT2D eigenvalue weighted by Crippen LogP contribution is -2.11. The second-order valence-electron chi connectivity index (χ2n) is 5.37. The number of ether oxygens (including phenoxy) is 1. The van der Waals surface area contributed by atoms with Crippen LogP contribution in [0.2, 0.25) is 0 Å². The highest BCUT2D eigenvalue weighted by atomic mass is 16.5. The Labute approximate surface area is 131 Å². The number of benzene rings is 3. The van der Waals surface area contributed by atoms with Gasteiger partial charge in [0, 0.05) is 11.9 Å². The standard InChI is InChI=1S/C20H21NO/c1-2-21-14-16-7-5-8-17(13-16)15-22-20-12-6-10-18-9-3-4-11-19(18)20/h3-13,21H,2,14-15H2,1H3. The highest BCUT2D eigenvalue weighted by molar-refractivity contribution is 5.88. The van der Waals surface area contributed by atoms with E-state index in [2.05, 4.69) is 60.8 Å². The fourth-order valence-corrected chi connectivity index (χ4v) is 2.58. The van der Waals surface area contributed by atoms with Crippen LogP contribution in [-0.4, -0.2) is 6.54 Å². The molecule has 3 aromatic rings. The van der Waals surface area contributed by atoms with Crippen LogP contribution in [-0.2, 0) is 13.2 Å². The summed E-state index contributed by atoms with van der Waals surface area (Å²) in [6.07, 6.45) is 0. The average molecular weight is 291 g/mol. The molecule has 1 N–H and O–H groups in total. The Morgan fingerprint density at radius 1 is 0.864 bits per heavy atom. The van der Waals surface area contributed by atoms with Crippen molar-refractivity contribution >= 4 is 10.8 Å². The maximum atomic E-state index is 6.04. The van der Waals surface area contributed by atoms with Crippen LogP contribution >= 0.6 is 0 Å². The third-order valence-electron chi connectivity index (χ3n) is 3.71. The summed E-state index contributed by atoms with van der Waals surface area (Å²) < 4.78 is 6.04. The molecule has 0 fully saturated rings. The Bertz CT molecular complexity index is 746. The van der Waals surface area contributed by atoms with Crippen LogP contribution in [0.15, 0.2) is 66.7 Å². The van der Waals surface area contributed by atoms with Gasteiger partial charge >= 0.3 is 0 Å². The summed E-state index contributed by atoms with van der Waals surface area (Å²) in [5.41, 5.74) is 2.49. The lowest BCUT2D eigenvalue weighted by Gasteiger charge is -2.10. The summed E-state index contributed by atoms with van der Waals surface area (Å²) in [4.78, 5) is 0. The highest BCUT2D eigenvalue weighted by Gasteiger charge is 2.02. The molecule has 0 unspecified atom stereocenters. The predicted octanol–water partition coefficient (Wildman–Crippen LogP) is 4.53. The van der Waals surface area contributed by atoms with Gasteiger partial charge in [0.1, 0.15) is 12.4 Å². The quantitative estimate of drug-likeness (QED) is 0.720. The van der Waals surface area contributed by atoms with Gasteiger partial charge in [0.05, 0.1) is 0 Å². The summed E-state index contributed by atoms with van der Waals surface area (Å²) >= 11 is 0. The first-order valence-electron chi connectivity index (χ1n) is 7.76. The maximum absolute atomic E-state index is 6.04. The fourth-order valence-electron chi connectivity index (χ4n) is 2.58. The molecule has 0 bridgehead atoms. The molecule has 3 rings (SSSR count). The number of rotatable bonds is 6. The van der Waals surface area contributed by atoms with E-state index < -0.39 is 0 Å². The molecule has 0 saturated heterocycles. The molecule has 2 heteroatoms. The van der Waals surface area contributed by atoms with Gasteiger partial charge in [-0.05, 0) is 29.1 Å². The molecule has 0 aliphatic rings. The summed E-state index contributed by atoms with van der Waals surface area (Å²) in [6.45, 7) is 4.59. The Morgan fingerprint density at radius 3 is 2.55 bits per heavy atom. The minimum Gasteiger partial charge on any atom is -0.488 e. The predicted molar refractivity (Wildman–Crippen MR) is 92.1 cm³/mol. The van der Waals surface area contributed by atoms with Gasteiger partial charge in [0.2, 0.25) is 0 Å². The largest absolute Gasteiger partial charge is 0.488 e. The van der Waals surface area contributed by atoms with Gasteiger partial charge in [-0.25, -0.2) is 0 Å². The lowest BCUT2D eigenvalue weighted by atomic mass is 10.1. The molecule has 112 valence electrons. The van der Waals surface area contributed by atoms with E-state index in [1.807, 2.05) is 18.2 Å². The lowest BCUT2D eigenvalue weighted by molar-refractivity contribution is 0.310. The van der Waals surface area contributed by atoms with E-state index in [4.69, 9.17) is 4.74 Å². The van der Waals surface area contributed by atoms with E-state index in [-0.39, 0.29) is 0 Å². The van der Waals surface area contributed by atoms with Crippen molar-refractivity contribution < 1.29 is 4.74 Å². The number of hydrogen-bond acceptors (Lipinski definition) is 2. The normalized spacial score (nSPS) is 10.8. The molecule has 0 heterocycles. The topological polar surface area (TPSA) is 21.3 Å². The van der Waals surface area contributed by atoms with Crippen LogP contribution < -0.4 is 10.1 Å². The van der Waals surface area contributed by atoms with E-state index in [0.29, 0.717) is 6.61 Å². The average Bonchev–Trinajstić information content (AvgIpc) is 2.58. The summed E-state index contributed by atoms with van der Waals surface area (Å²) in [5.74, 6) is 0.940. The monoisotopic (exact) mass is 291 g/mol. The zero-order valence-electron chi connectivity index (χ0n) is 12.9. The number of fused-ring (bicyclic) bond motifs is 1. The van der Waals surface area contributed by atoms with E-state index in [1.54, 1.807) is 0 Å². The van der Waals surface area contributed by atoms with Gasteiger partial charge < -0.3 is 10.1 Å². The molecule has 2 nitrogen and oxygen atoms in total. The van der Waals surface area contributed by atoms with Gasteiger partial charge in [-0.2, -0.15) is 0 Å². The molecule has 0 atom stereocenters. The van der Waals surface area contributed by atoms with Crippen LogP contribution in [0.3, 0.4) is 0 Å². The number of hydrogen-bond donors (Lipinski definition) is 1. The van der Waals surface area contributed by atoms with Crippen molar-refractivity contribution in [3.05, 3.63) is 77.9 Å². The van der Waals surface area contributed by atoms with Gasteiger partial charge in [-0.3, -0.25) is 0 Å². The van der Waals surface area contributed by atoms with Gasteiger partial charge in [0.25, 0.3) is 0 Å². The SMILES string of the molecule is CCNCc1cccc(COc2cccc3ccccc23)c1. The van der Waals surface area contributed by atoms with Crippen molar-refractivity contribution in [1.82, 2.24) is 5.32 Å². The second kappa shape index (κ2) is 7.10. The van der Waals surface area contributed by atoms with Gasteiger partial charge in [-0.1, -0.05) is 67.6 Å². The first kappa shape index (κ1) is 14.6. The minimum absolute atomic E-state index is 0.591. The first-order chi connectivity index (χ1) is 10.9. The van der Waals surface area contributed by atoms with Crippen molar-refractivity contribution in [3.63, 3.8) is 0 Å². The van der Waals surface area contributed by atoms with E-state index in [1.165, 1.54) is 16.5 Å². The Balaban J connectivity index is 1.74. The molecule has 22 heavy (non-hydrogen) atoms. The van der Waals surface area contributed by atoms with E-state index in [0.717, 1.165) is 24.2 Å². The summed E-state index contributed by atoms with van der Waals surface area (Å²) in [7, 11) is 0. The molecule has 0 radical (unpaired) electrons. The van der Waals surface area contributed by atoms with Crippen LogP contribution in [0, 0.1) is 0 Å². The minimum atomic E-state index is 0.591. The molecular formula is C20H21NO. The third kappa shape index (κ3) is 3.46. The summed E-state index contributed by atoms with van der Waals surface area (Å²) in [5, 5.41) is 5.72. The fraction of sp³-hybridized carbons (Fsp3) is 0.200. The number of nitrogens with one attached hydrogen (secondary N) is 1. The van der Waals surface area contributed by atoms with Gasteiger partial charge in [0.15, 0.2) is 0 Å². The molecule has 0 aliphatic heterocycles. The Morgan fingerprint density at radius 2 is 1.64 bits per heavy atom. The molecule has 0 aliphatic carbocycles. The second-order valence-corrected chi connectivity index (χ2v) is 5.37. The zero-order chi connectivity index (χ0) is 15.2. The molecule has 3 aromatic carbocycles. The molecular weight excluding hydrogens is 270 g/mol. The summed E-state index contributed by atoms with van der Waals surface area (Å²) in [6, 6.07) is 23.0. The molecule has 0 saturated carbocycles. The third-order valence-corrected chi connectivity index (χ3v) is 3.71. The first-order valence-corrected chi connectivity index (χ1v) is 7.76. The van der Waals surface area contributed by atoms with Crippen molar-refractivity contribution in [1.29, 1.82) is 0 Å². The van der Waals surface area contributed by atoms with Gasteiger partial charge in [-0.15, -0.1) is 0 Å². The zero-order valence-corrected chi connectivity index (χ0v) is 12.9. The highest BCUT2D eigenvalue weighted by Crippen LogP contribution is 2.25. The van der Waals surface area contributed by atoms with Crippen molar-refractivity contribution in [2.75, 3.05) is 6.54 Å². The van der Waals surface area contributed by atoms with Crippen LogP contribution in [0.25, 0.3) is 10.8 Å². The van der Waals surface area contributed by atoms with E-state index in [9.17, 15) is 0 Å². The van der Waals surface area contributed by atoms with Crippen LogP contribution in [0.5, 0.6) is 5.75 Å². The van der Waals surface area contributed by atoms with E-state index >= 15 is 0 Å². The maximum Gasteiger partial charge on any atom is 0.127 e. The Hall–Kier alpha value is -2.32. The van der Waals surface area contributed by atoms with Crippen LogP contribution in [0.1, 0.15) is 18.1 Å². The van der Waals surface area contributed by atoms with Crippen LogP contribution in [0.4, 0.5) is 0 Å². The van der Waals surface area contributed by atoms with Crippen molar-refractivity contribution in [3.8, 4) is 5.75 Å². The van der Waals surface area contributed by atoms with Crippen molar-refractivity contribution in [2.45, 2.75) is 20.1 Å². The van der Waals surface area contributed by atoms with Crippen molar-refractivity contribution in [2.24, 2.45) is 0 Å².